The van der Waals surface area contributed by atoms with E-state index < -0.39 is 0 Å². The molecule has 42 heavy (non-hydrogen) atoms. The molecule has 1 unspecified atom stereocenters. The molecule has 1 aromatic heterocycles. The van der Waals surface area contributed by atoms with E-state index >= 15 is 0 Å². The first-order valence-electron chi connectivity index (χ1n) is 14.3. The summed E-state index contributed by atoms with van der Waals surface area (Å²) >= 11 is 0. The largest absolute Gasteiger partial charge is 0.673 e. The smallest absolute Gasteiger partial charge is 0.0196 e. The molecule has 0 N–H and O–H groups in total. The average molecular weight is 719 g/mol. The van der Waals surface area contributed by atoms with E-state index in [9.17, 15) is 0 Å². The summed E-state index contributed by atoms with van der Waals surface area (Å²) in [5.41, 5.74) is 11.8. The van der Waals surface area contributed by atoms with Gasteiger partial charge in [-0.15, -0.1) is 34.8 Å². The van der Waals surface area contributed by atoms with Gasteiger partial charge >= 0.3 is 0 Å². The Morgan fingerprint density at radius 2 is 1.38 bits per heavy atom. The minimum absolute atomic E-state index is 0. The van der Waals surface area contributed by atoms with Crippen LogP contribution < -0.4 is 0 Å². The van der Waals surface area contributed by atoms with Crippen molar-refractivity contribution in [2.45, 2.75) is 66.3 Å². The number of hydrogen-bond donors (Lipinski definition) is 0. The maximum atomic E-state index is 5.61. The van der Waals surface area contributed by atoms with Crippen molar-refractivity contribution >= 4 is 16.5 Å². The molecule has 1 atom stereocenters. The summed E-state index contributed by atoms with van der Waals surface area (Å²) in [5, 5.41) is 7.97. The van der Waals surface area contributed by atoms with Crippen LogP contribution in [0.5, 0.6) is 0 Å². The van der Waals surface area contributed by atoms with E-state index in [-0.39, 0.29) is 46.7 Å². The van der Waals surface area contributed by atoms with Gasteiger partial charge in [-0.3, -0.25) is 0 Å². The minimum atomic E-state index is -0.200. The van der Waals surface area contributed by atoms with E-state index in [2.05, 4.69) is 120 Å². The van der Waals surface area contributed by atoms with E-state index in [1.54, 1.807) is 0 Å². The Bertz CT molecular complexity index is 1550. The first kappa shape index (κ1) is 35.2. The number of nitrogens with zero attached hydrogens (tertiary/aromatic N) is 2. The second-order valence-electron chi connectivity index (χ2n) is 10.7. The van der Waals surface area contributed by atoms with Crippen molar-refractivity contribution in [3.05, 3.63) is 150 Å². The molecule has 3 heteroatoms. The molecule has 2 nitrogen and oxygen atoms in total. The quantitative estimate of drug-likeness (QED) is 0.110. The molecule has 5 rings (SSSR count). The first-order valence-corrected chi connectivity index (χ1v) is 14.3. The van der Waals surface area contributed by atoms with Gasteiger partial charge in [0.15, 0.2) is 0 Å². The van der Waals surface area contributed by atoms with Gasteiger partial charge in [0, 0.05) is 31.5 Å². The number of aromatic nitrogens is 1. The topological polar surface area (TPSA) is 27.0 Å². The summed E-state index contributed by atoms with van der Waals surface area (Å²) in [6.07, 6.45) is 4.23. The molecule has 5 aromatic rings. The van der Waals surface area contributed by atoms with Crippen LogP contribution >= 0.6 is 0 Å². The zero-order valence-electron chi connectivity index (χ0n) is 26.4. The fourth-order valence-corrected chi connectivity index (χ4v) is 5.90. The monoisotopic (exact) mass is 720 g/mol. The predicted octanol–water partition coefficient (Wildman–Crippen LogP) is 11.2. The van der Waals surface area contributed by atoms with Gasteiger partial charge in [0.1, 0.15) is 0 Å². The van der Waals surface area contributed by atoms with Crippen molar-refractivity contribution in [1.82, 2.24) is 4.98 Å². The summed E-state index contributed by atoms with van der Waals surface area (Å²) in [4.78, 5) is 5.30. The minimum Gasteiger partial charge on any atom is -0.673 e. The standard InChI is InChI=1S/C37H38N2.2CH3.Hf/c1-6-13-29-17-10-18-30(14-7-2)36(29)39-37(35-26(4)23-25(3)24-27(35)5)34-22-12-21-33(38-34)32-20-11-16-28-15-8-9-19-31(28)32;;;/h8-12,15-19,21-24,37H,6-7,13-14H2,1-5H3;2*1H3;/q-2;2*-1;. The molecule has 1 heterocycles. The molecule has 0 aliphatic rings. The van der Waals surface area contributed by atoms with Crippen LogP contribution in [0.4, 0.5) is 5.69 Å². The van der Waals surface area contributed by atoms with Crippen LogP contribution in [-0.2, 0) is 38.7 Å². The van der Waals surface area contributed by atoms with Gasteiger partial charge in [-0.25, -0.2) is 0 Å². The van der Waals surface area contributed by atoms with E-state index in [1.807, 2.05) is 6.07 Å². The average Bonchev–Trinajstić information content (AvgIpc) is 2.93. The van der Waals surface area contributed by atoms with Gasteiger partial charge in [0.05, 0.1) is 0 Å². The molecule has 0 fully saturated rings. The summed E-state index contributed by atoms with van der Waals surface area (Å²) in [5.74, 6) is 0. The molecule has 0 aliphatic heterocycles. The molecule has 0 spiro atoms. The Balaban J connectivity index is 0.00000205. The number of benzene rings is 4. The Kier molecular flexibility index (Phi) is 13.4. The summed E-state index contributed by atoms with van der Waals surface area (Å²) in [6, 6.07) is 33.5. The normalized spacial score (nSPS) is 11.2. The third kappa shape index (κ3) is 7.48. The van der Waals surface area contributed by atoms with Crippen LogP contribution in [0.25, 0.3) is 27.3 Å². The molecular weight excluding hydrogens is 675 g/mol. The molecule has 0 aliphatic carbocycles. The molecule has 0 radical (unpaired) electrons. The van der Waals surface area contributed by atoms with Crippen molar-refractivity contribution in [3.63, 3.8) is 0 Å². The SMILES string of the molecule is CCCc1cccc(CCC)c1[N-]C(c1cccc(-c2[c-]ccc3ccccc23)n1)c1c(C)cc(C)cc1C.[CH3-].[CH3-].[Hf]. The van der Waals surface area contributed by atoms with Gasteiger partial charge < -0.3 is 25.2 Å². The van der Waals surface area contributed by atoms with Crippen LogP contribution in [0.3, 0.4) is 0 Å². The second kappa shape index (κ2) is 16.0. The van der Waals surface area contributed by atoms with Crippen molar-refractivity contribution < 1.29 is 25.8 Å². The summed E-state index contributed by atoms with van der Waals surface area (Å²) in [6.45, 7) is 11.1. The van der Waals surface area contributed by atoms with Gasteiger partial charge in [-0.05, 0) is 62.5 Å². The van der Waals surface area contributed by atoms with Crippen LogP contribution in [0.15, 0.2) is 84.9 Å². The van der Waals surface area contributed by atoms with Crippen LogP contribution in [-0.4, -0.2) is 4.98 Å². The molecule has 0 bridgehead atoms. The molecule has 0 saturated carbocycles. The van der Waals surface area contributed by atoms with Crippen LogP contribution in [0, 0.1) is 41.7 Å². The van der Waals surface area contributed by atoms with Crippen LogP contribution in [0.2, 0.25) is 0 Å². The zero-order chi connectivity index (χ0) is 27.4. The van der Waals surface area contributed by atoms with Crippen molar-refractivity contribution in [3.8, 4) is 11.3 Å². The van der Waals surface area contributed by atoms with Gasteiger partial charge in [-0.1, -0.05) is 121 Å². The first-order chi connectivity index (χ1) is 19.0. The van der Waals surface area contributed by atoms with Crippen molar-refractivity contribution in [2.75, 3.05) is 0 Å². The van der Waals surface area contributed by atoms with E-state index in [1.165, 1.54) is 44.2 Å². The van der Waals surface area contributed by atoms with E-state index in [0.717, 1.165) is 48.3 Å². The Labute approximate surface area is 273 Å². The summed E-state index contributed by atoms with van der Waals surface area (Å²) in [7, 11) is 0. The number of hydrogen-bond acceptors (Lipinski definition) is 1. The third-order valence-corrected chi connectivity index (χ3v) is 7.54. The van der Waals surface area contributed by atoms with Gasteiger partial charge in [0.25, 0.3) is 0 Å². The van der Waals surface area contributed by atoms with Gasteiger partial charge in [0.2, 0.25) is 0 Å². The molecular formula is C39H44HfN2-4. The molecule has 218 valence electrons. The number of aryl methyl sites for hydroxylation is 5. The fraction of sp³-hybridized carbons (Fsp3) is 0.256. The number of pyridine rings is 1. The molecule has 4 aromatic carbocycles. The molecule has 0 amide bonds. The van der Waals surface area contributed by atoms with Crippen molar-refractivity contribution in [2.24, 2.45) is 0 Å². The Morgan fingerprint density at radius 1 is 0.762 bits per heavy atom. The van der Waals surface area contributed by atoms with E-state index in [4.69, 9.17) is 10.3 Å². The zero-order valence-corrected chi connectivity index (χ0v) is 30.0. The number of rotatable bonds is 9. The third-order valence-electron chi connectivity index (χ3n) is 7.54. The van der Waals surface area contributed by atoms with Gasteiger partial charge in [-0.2, -0.15) is 0 Å². The number of para-hydroxylation sites is 1. The molecule has 0 saturated heterocycles. The van der Waals surface area contributed by atoms with Crippen molar-refractivity contribution in [1.29, 1.82) is 0 Å². The summed E-state index contributed by atoms with van der Waals surface area (Å²) < 4.78 is 0. The van der Waals surface area contributed by atoms with Crippen LogP contribution in [0.1, 0.15) is 71.8 Å². The Morgan fingerprint density at radius 3 is 2.02 bits per heavy atom. The Hall–Kier alpha value is -3.04. The fourth-order valence-electron chi connectivity index (χ4n) is 5.90. The number of fused-ring (bicyclic) bond motifs is 1. The maximum Gasteiger partial charge on any atom is 0.0196 e. The predicted molar refractivity (Wildman–Crippen MR) is 179 cm³/mol. The van der Waals surface area contributed by atoms with E-state index in [0.29, 0.717) is 0 Å². The maximum absolute atomic E-state index is 5.61. The second-order valence-corrected chi connectivity index (χ2v) is 10.7.